The van der Waals surface area contributed by atoms with Crippen LogP contribution in [0.4, 0.5) is 8.78 Å². The number of aldehydes is 1. The van der Waals surface area contributed by atoms with Gasteiger partial charge >= 0.3 is 0 Å². The van der Waals surface area contributed by atoms with E-state index in [0.29, 0.717) is 0 Å². The predicted octanol–water partition coefficient (Wildman–Crippen LogP) is 0.554. The zero-order valence-electron chi connectivity index (χ0n) is 8.81. The number of benzene rings is 1. The summed E-state index contributed by atoms with van der Waals surface area (Å²) in [4.78, 5) is 10.5. The molecule has 94 valence electrons. The van der Waals surface area contributed by atoms with Crippen LogP contribution in [0.5, 0.6) is 0 Å². The second-order valence-corrected chi connectivity index (χ2v) is 3.51. The fraction of sp³-hybridized carbons (Fsp3) is 0.364. The van der Waals surface area contributed by atoms with E-state index >= 15 is 0 Å². The Morgan fingerprint density at radius 1 is 1.29 bits per heavy atom. The monoisotopic (exact) mass is 246 g/mol. The van der Waals surface area contributed by atoms with E-state index in [1.165, 1.54) is 0 Å². The Kier molecular flexibility index (Phi) is 4.68. The molecule has 0 spiro atoms. The Bertz CT molecular complexity index is 409. The molecule has 17 heavy (non-hydrogen) atoms. The minimum Gasteiger partial charge on any atom is -0.396 e. The molecule has 1 aromatic carbocycles. The summed E-state index contributed by atoms with van der Waals surface area (Å²) in [5.41, 5.74) is -1.17. The standard InChI is InChI=1S/C11H12F2O4/c12-8-2-1-6(10(13)7(8)5-15)11(17)9(16)3-4-14/h1-2,5,9,11,14,16-17H,3-4H2. The van der Waals surface area contributed by atoms with Crippen LogP contribution in [-0.4, -0.2) is 34.3 Å². The van der Waals surface area contributed by atoms with Crippen molar-refractivity contribution in [1.82, 2.24) is 0 Å². The molecule has 0 fully saturated rings. The smallest absolute Gasteiger partial charge is 0.155 e. The summed E-state index contributed by atoms with van der Waals surface area (Å²) in [7, 11) is 0. The van der Waals surface area contributed by atoms with Crippen molar-refractivity contribution in [2.45, 2.75) is 18.6 Å². The molecule has 6 heteroatoms. The number of halogens is 2. The third-order valence-corrected chi connectivity index (χ3v) is 2.38. The Labute approximate surface area is 96.1 Å². The van der Waals surface area contributed by atoms with Gasteiger partial charge in [0.25, 0.3) is 0 Å². The Morgan fingerprint density at radius 2 is 1.94 bits per heavy atom. The first-order chi connectivity index (χ1) is 8.02. The molecule has 0 aliphatic rings. The van der Waals surface area contributed by atoms with Crippen molar-refractivity contribution in [3.05, 3.63) is 34.9 Å². The van der Waals surface area contributed by atoms with Gasteiger partial charge in [0.15, 0.2) is 6.29 Å². The molecule has 0 aliphatic carbocycles. The fourth-order valence-electron chi connectivity index (χ4n) is 1.42. The average Bonchev–Trinajstić information content (AvgIpc) is 2.29. The van der Waals surface area contributed by atoms with E-state index in [1.54, 1.807) is 0 Å². The third kappa shape index (κ3) is 2.85. The average molecular weight is 246 g/mol. The molecule has 0 heterocycles. The first-order valence-electron chi connectivity index (χ1n) is 4.93. The lowest BCUT2D eigenvalue weighted by atomic mass is 9.99. The summed E-state index contributed by atoms with van der Waals surface area (Å²) >= 11 is 0. The van der Waals surface area contributed by atoms with E-state index in [1.807, 2.05) is 0 Å². The second kappa shape index (κ2) is 5.81. The summed E-state index contributed by atoms with van der Waals surface area (Å²) in [6.07, 6.45) is -3.17. The lowest BCUT2D eigenvalue weighted by Crippen LogP contribution is -2.21. The highest BCUT2D eigenvalue weighted by atomic mass is 19.1. The normalized spacial score (nSPS) is 14.4. The number of carbonyl (C=O) groups is 1. The second-order valence-electron chi connectivity index (χ2n) is 3.51. The number of rotatable bonds is 5. The van der Waals surface area contributed by atoms with Gasteiger partial charge in [0.2, 0.25) is 0 Å². The Balaban J connectivity index is 3.10. The molecule has 0 aliphatic heterocycles. The SMILES string of the molecule is O=Cc1c(F)ccc(C(O)C(O)CCO)c1F. The zero-order chi connectivity index (χ0) is 13.0. The van der Waals surface area contributed by atoms with Gasteiger partial charge in [0.1, 0.15) is 17.7 Å². The van der Waals surface area contributed by atoms with E-state index in [4.69, 9.17) is 5.11 Å². The highest BCUT2D eigenvalue weighted by Crippen LogP contribution is 2.24. The quantitative estimate of drug-likeness (QED) is 0.663. The molecule has 0 amide bonds. The van der Waals surface area contributed by atoms with Crippen molar-refractivity contribution in [2.75, 3.05) is 6.61 Å². The molecule has 0 bridgehead atoms. The summed E-state index contributed by atoms with van der Waals surface area (Å²) in [5.74, 6) is -2.24. The van der Waals surface area contributed by atoms with Crippen LogP contribution in [0.3, 0.4) is 0 Å². The molecular weight excluding hydrogens is 234 g/mol. The molecule has 0 aromatic heterocycles. The first kappa shape index (κ1) is 13.7. The highest BCUT2D eigenvalue weighted by Gasteiger charge is 2.24. The number of hydrogen-bond acceptors (Lipinski definition) is 4. The molecule has 2 atom stereocenters. The van der Waals surface area contributed by atoms with Crippen molar-refractivity contribution in [2.24, 2.45) is 0 Å². The van der Waals surface area contributed by atoms with E-state index in [9.17, 15) is 23.8 Å². The molecule has 0 saturated carbocycles. The number of aliphatic hydroxyl groups is 3. The Morgan fingerprint density at radius 3 is 2.47 bits per heavy atom. The van der Waals surface area contributed by atoms with Crippen LogP contribution >= 0.6 is 0 Å². The maximum atomic E-state index is 13.6. The minimum absolute atomic E-state index is 0.000684. The van der Waals surface area contributed by atoms with Crippen molar-refractivity contribution in [3.63, 3.8) is 0 Å². The molecule has 3 N–H and O–H groups in total. The van der Waals surface area contributed by atoms with E-state index < -0.39 is 29.4 Å². The van der Waals surface area contributed by atoms with Gasteiger partial charge in [0, 0.05) is 12.2 Å². The predicted molar refractivity (Wildman–Crippen MR) is 54.4 cm³/mol. The number of hydrogen-bond donors (Lipinski definition) is 3. The van der Waals surface area contributed by atoms with Gasteiger partial charge in [0.05, 0.1) is 11.7 Å². The molecule has 0 radical (unpaired) electrons. The summed E-state index contributed by atoms with van der Waals surface area (Å²) in [6, 6.07) is 1.78. The van der Waals surface area contributed by atoms with Crippen LogP contribution < -0.4 is 0 Å². The van der Waals surface area contributed by atoms with Crippen LogP contribution in [0.2, 0.25) is 0 Å². The van der Waals surface area contributed by atoms with Gasteiger partial charge in [-0.2, -0.15) is 0 Å². The van der Waals surface area contributed by atoms with Gasteiger partial charge in [-0.05, 0) is 12.5 Å². The summed E-state index contributed by atoms with van der Waals surface area (Å²) < 4.78 is 26.6. The third-order valence-electron chi connectivity index (χ3n) is 2.38. The lowest BCUT2D eigenvalue weighted by molar-refractivity contribution is 0.00225. The van der Waals surface area contributed by atoms with Crippen molar-refractivity contribution >= 4 is 6.29 Å². The largest absolute Gasteiger partial charge is 0.396 e. The number of carbonyl (C=O) groups excluding carboxylic acids is 1. The fourth-order valence-corrected chi connectivity index (χ4v) is 1.42. The van der Waals surface area contributed by atoms with E-state index in [-0.39, 0.29) is 24.9 Å². The number of aliphatic hydroxyl groups excluding tert-OH is 3. The first-order valence-corrected chi connectivity index (χ1v) is 4.93. The van der Waals surface area contributed by atoms with Gasteiger partial charge < -0.3 is 15.3 Å². The molecule has 2 unspecified atom stereocenters. The van der Waals surface area contributed by atoms with Crippen LogP contribution in [0.1, 0.15) is 28.4 Å². The van der Waals surface area contributed by atoms with Crippen LogP contribution in [0, 0.1) is 11.6 Å². The van der Waals surface area contributed by atoms with E-state index in [2.05, 4.69) is 0 Å². The van der Waals surface area contributed by atoms with E-state index in [0.717, 1.165) is 12.1 Å². The van der Waals surface area contributed by atoms with Crippen molar-refractivity contribution < 1.29 is 28.9 Å². The van der Waals surface area contributed by atoms with Crippen molar-refractivity contribution in [1.29, 1.82) is 0 Å². The van der Waals surface area contributed by atoms with Crippen LogP contribution in [-0.2, 0) is 0 Å². The van der Waals surface area contributed by atoms with Gasteiger partial charge in [-0.1, -0.05) is 6.07 Å². The molecule has 4 nitrogen and oxygen atoms in total. The maximum Gasteiger partial charge on any atom is 0.155 e. The molecule has 1 rings (SSSR count). The van der Waals surface area contributed by atoms with Gasteiger partial charge in [-0.25, -0.2) is 8.78 Å². The summed E-state index contributed by atoms with van der Waals surface area (Å²) in [5, 5.41) is 27.5. The van der Waals surface area contributed by atoms with Crippen molar-refractivity contribution in [3.8, 4) is 0 Å². The lowest BCUT2D eigenvalue weighted by Gasteiger charge is -2.18. The van der Waals surface area contributed by atoms with Gasteiger partial charge in [-0.3, -0.25) is 4.79 Å². The minimum atomic E-state index is -1.62. The molecule has 0 saturated heterocycles. The van der Waals surface area contributed by atoms with Gasteiger partial charge in [-0.15, -0.1) is 0 Å². The highest BCUT2D eigenvalue weighted by molar-refractivity contribution is 5.76. The molecular formula is C11H12F2O4. The van der Waals surface area contributed by atoms with Crippen LogP contribution in [0.15, 0.2) is 12.1 Å². The van der Waals surface area contributed by atoms with Crippen LogP contribution in [0.25, 0.3) is 0 Å². The topological polar surface area (TPSA) is 77.8 Å². The maximum absolute atomic E-state index is 13.6. The molecule has 1 aromatic rings. The Hall–Kier alpha value is -1.37. The zero-order valence-corrected chi connectivity index (χ0v) is 8.81. The summed E-state index contributed by atoms with van der Waals surface area (Å²) in [6.45, 7) is -0.387.